The molecule has 3 aromatic rings. The molecule has 2 aromatic heterocycles. The maximum Gasteiger partial charge on any atom is 0.252 e. The number of amides is 1. The Labute approximate surface area is 142 Å². The number of likely N-dealkylation sites (tertiary alicyclic amines) is 1. The summed E-state index contributed by atoms with van der Waals surface area (Å²) >= 11 is 3.31. The molecule has 0 saturated carbocycles. The Balaban J connectivity index is 1.36. The lowest BCUT2D eigenvalue weighted by molar-refractivity contribution is 0.0732. The molecule has 1 saturated heterocycles. The smallest absolute Gasteiger partial charge is 0.252 e. The predicted molar refractivity (Wildman–Crippen MR) is 95.1 cm³/mol. The summed E-state index contributed by atoms with van der Waals surface area (Å²) in [7, 11) is 0. The summed E-state index contributed by atoms with van der Waals surface area (Å²) in [6.07, 6.45) is 2.98. The van der Waals surface area contributed by atoms with Crippen molar-refractivity contribution in [2.75, 3.05) is 13.1 Å². The van der Waals surface area contributed by atoms with Crippen LogP contribution in [0.25, 0.3) is 10.1 Å². The number of hydrogen-bond acceptors (Lipinski definition) is 5. The van der Waals surface area contributed by atoms with Crippen LogP contribution in [0, 0.1) is 0 Å². The van der Waals surface area contributed by atoms with E-state index in [4.69, 9.17) is 0 Å². The molecule has 1 atom stereocenters. The first-order chi connectivity index (χ1) is 11.3. The number of nitrogens with zero attached hydrogens (tertiary/aromatic N) is 2. The van der Waals surface area contributed by atoms with E-state index in [2.05, 4.69) is 21.3 Å². The second-order valence-corrected chi connectivity index (χ2v) is 7.58. The van der Waals surface area contributed by atoms with Gasteiger partial charge in [-0.2, -0.15) is 0 Å². The molecule has 1 fully saturated rings. The van der Waals surface area contributed by atoms with Crippen LogP contribution in [0.2, 0.25) is 0 Å². The molecule has 1 amide bonds. The first kappa shape index (κ1) is 14.8. The van der Waals surface area contributed by atoms with E-state index < -0.39 is 0 Å². The van der Waals surface area contributed by atoms with Crippen molar-refractivity contribution in [3.05, 3.63) is 51.8 Å². The second kappa shape index (κ2) is 6.39. The van der Waals surface area contributed by atoms with E-state index in [1.807, 2.05) is 35.2 Å². The number of thiophene rings is 1. The first-order valence-corrected chi connectivity index (χ1v) is 9.44. The number of rotatable bonds is 5. The molecule has 6 heteroatoms. The average Bonchev–Trinajstić information content (AvgIpc) is 3.21. The average molecular weight is 343 g/mol. The monoisotopic (exact) mass is 343 g/mol. The van der Waals surface area contributed by atoms with Gasteiger partial charge < -0.3 is 5.32 Å². The lowest BCUT2D eigenvalue weighted by atomic mass is 10.0. The van der Waals surface area contributed by atoms with Crippen molar-refractivity contribution in [2.24, 2.45) is 0 Å². The molecule has 4 rings (SSSR count). The van der Waals surface area contributed by atoms with Crippen LogP contribution >= 0.6 is 22.7 Å². The van der Waals surface area contributed by atoms with Crippen molar-refractivity contribution in [1.82, 2.24) is 15.2 Å². The number of fused-ring (bicyclic) bond motifs is 1. The van der Waals surface area contributed by atoms with Crippen molar-refractivity contribution < 1.29 is 4.79 Å². The molecule has 1 aliphatic heterocycles. The van der Waals surface area contributed by atoms with Crippen molar-refractivity contribution >= 4 is 38.7 Å². The molecule has 1 aromatic carbocycles. The van der Waals surface area contributed by atoms with E-state index in [-0.39, 0.29) is 5.91 Å². The molecule has 1 aliphatic rings. The summed E-state index contributed by atoms with van der Waals surface area (Å²) in [4.78, 5) is 19.2. The van der Waals surface area contributed by atoms with E-state index in [0.29, 0.717) is 12.6 Å². The zero-order chi connectivity index (χ0) is 15.6. The summed E-state index contributed by atoms with van der Waals surface area (Å²) in [5.74, 6) is 0.0311. The summed E-state index contributed by atoms with van der Waals surface area (Å²) in [5.41, 5.74) is 0.788. The third-order valence-electron chi connectivity index (χ3n) is 4.31. The summed E-state index contributed by atoms with van der Waals surface area (Å²) in [6, 6.07) is 8.48. The van der Waals surface area contributed by atoms with Gasteiger partial charge in [-0.15, -0.1) is 22.7 Å². The molecule has 3 heterocycles. The highest BCUT2D eigenvalue weighted by atomic mass is 32.1. The molecular formula is C17H17N3OS2. The van der Waals surface area contributed by atoms with Crippen molar-refractivity contribution in [3.8, 4) is 0 Å². The quantitative estimate of drug-likeness (QED) is 0.773. The third kappa shape index (κ3) is 3.02. The number of hydrogen-bond donors (Lipinski definition) is 1. The summed E-state index contributed by atoms with van der Waals surface area (Å²) < 4.78 is 1.16. The lowest BCUT2D eigenvalue weighted by Gasteiger charge is -2.40. The number of aromatic nitrogens is 1. The molecule has 23 heavy (non-hydrogen) atoms. The van der Waals surface area contributed by atoms with Gasteiger partial charge in [-0.05, 0) is 12.5 Å². The maximum atomic E-state index is 12.5. The highest BCUT2D eigenvalue weighted by Crippen LogP contribution is 2.26. The normalized spacial score (nSPS) is 18.0. The zero-order valence-corrected chi connectivity index (χ0v) is 14.2. The van der Waals surface area contributed by atoms with E-state index in [1.165, 1.54) is 0 Å². The van der Waals surface area contributed by atoms with Gasteiger partial charge in [0.1, 0.15) is 5.01 Å². The van der Waals surface area contributed by atoms with Gasteiger partial charge in [0.2, 0.25) is 0 Å². The maximum absolute atomic E-state index is 12.5. The molecule has 0 radical (unpaired) electrons. The third-order valence-corrected chi connectivity index (χ3v) is 6.04. The summed E-state index contributed by atoms with van der Waals surface area (Å²) in [6.45, 7) is 2.68. The van der Waals surface area contributed by atoms with Crippen LogP contribution in [0.4, 0.5) is 0 Å². The van der Waals surface area contributed by atoms with Crippen LogP contribution in [0.5, 0.6) is 0 Å². The minimum absolute atomic E-state index is 0.0311. The molecule has 118 valence electrons. The Hall–Kier alpha value is -1.76. The van der Waals surface area contributed by atoms with Crippen LogP contribution in [0.15, 0.2) is 41.2 Å². The Morgan fingerprint density at radius 1 is 1.35 bits per heavy atom. The zero-order valence-electron chi connectivity index (χ0n) is 12.6. The van der Waals surface area contributed by atoms with Gasteiger partial charge in [-0.25, -0.2) is 4.98 Å². The van der Waals surface area contributed by atoms with Gasteiger partial charge in [0.15, 0.2) is 0 Å². The second-order valence-electron chi connectivity index (χ2n) is 5.69. The molecular weight excluding hydrogens is 326 g/mol. The molecule has 1 unspecified atom stereocenters. The fraction of sp³-hybridized carbons (Fsp3) is 0.294. The largest absolute Gasteiger partial charge is 0.350 e. The van der Waals surface area contributed by atoms with Gasteiger partial charge in [-0.3, -0.25) is 9.69 Å². The predicted octanol–water partition coefficient (Wildman–Crippen LogP) is 3.36. The molecule has 0 aliphatic carbocycles. The SMILES string of the molecule is O=C(NCC1CCN1Cc1nccs1)c1csc2ccccc12. The lowest BCUT2D eigenvalue weighted by Crippen LogP contribution is -2.52. The van der Waals surface area contributed by atoms with Gasteiger partial charge >= 0.3 is 0 Å². The standard InChI is InChI=1S/C17H17N3OS2/c21-17(14-11-23-15-4-2-1-3-13(14)15)19-9-12-5-7-20(12)10-16-18-6-8-22-16/h1-4,6,8,11-12H,5,7,9-10H2,(H,19,21). The minimum Gasteiger partial charge on any atom is -0.350 e. The van der Waals surface area contributed by atoms with E-state index in [1.54, 1.807) is 22.7 Å². The van der Waals surface area contributed by atoms with E-state index >= 15 is 0 Å². The topological polar surface area (TPSA) is 45.2 Å². The summed E-state index contributed by atoms with van der Waals surface area (Å²) in [5, 5.41) is 9.25. The fourth-order valence-corrected chi connectivity index (χ4v) is 4.48. The minimum atomic E-state index is 0.0311. The van der Waals surface area contributed by atoms with Crippen LogP contribution < -0.4 is 5.32 Å². The van der Waals surface area contributed by atoms with Crippen molar-refractivity contribution in [2.45, 2.75) is 19.0 Å². The van der Waals surface area contributed by atoms with Crippen LogP contribution in [-0.2, 0) is 6.54 Å². The Kier molecular flexibility index (Phi) is 4.11. The van der Waals surface area contributed by atoms with Gasteiger partial charge in [-0.1, -0.05) is 18.2 Å². The Bertz CT molecular complexity index is 812. The number of carbonyl (C=O) groups is 1. The van der Waals surface area contributed by atoms with Crippen molar-refractivity contribution in [3.63, 3.8) is 0 Å². The van der Waals surface area contributed by atoms with Gasteiger partial charge in [0.05, 0.1) is 12.1 Å². The van der Waals surface area contributed by atoms with Crippen molar-refractivity contribution in [1.29, 1.82) is 0 Å². The highest BCUT2D eigenvalue weighted by Gasteiger charge is 2.28. The Morgan fingerprint density at radius 3 is 3.04 bits per heavy atom. The molecule has 4 nitrogen and oxygen atoms in total. The van der Waals surface area contributed by atoms with Crippen LogP contribution in [0.3, 0.4) is 0 Å². The number of carbonyl (C=O) groups excluding carboxylic acids is 1. The van der Waals surface area contributed by atoms with Crippen LogP contribution in [0.1, 0.15) is 21.8 Å². The van der Waals surface area contributed by atoms with Gasteiger partial charge in [0, 0.05) is 46.2 Å². The Morgan fingerprint density at radius 2 is 2.26 bits per heavy atom. The van der Waals surface area contributed by atoms with E-state index in [0.717, 1.165) is 40.2 Å². The molecule has 1 N–H and O–H groups in total. The number of benzene rings is 1. The van der Waals surface area contributed by atoms with E-state index in [9.17, 15) is 4.79 Å². The molecule has 0 bridgehead atoms. The number of thiazole rings is 1. The molecule has 0 spiro atoms. The van der Waals surface area contributed by atoms with Gasteiger partial charge in [0.25, 0.3) is 5.91 Å². The highest BCUT2D eigenvalue weighted by molar-refractivity contribution is 7.17. The van der Waals surface area contributed by atoms with Crippen LogP contribution in [-0.4, -0.2) is 34.9 Å². The number of nitrogens with one attached hydrogen (secondary N) is 1. The first-order valence-electron chi connectivity index (χ1n) is 7.68. The fourth-order valence-electron chi connectivity index (χ4n) is 2.90.